The minimum absolute atomic E-state index is 0.301. The van der Waals surface area contributed by atoms with Crippen molar-refractivity contribution in [3.8, 4) is 28.5 Å². The van der Waals surface area contributed by atoms with Gasteiger partial charge in [0.25, 0.3) is 5.91 Å². The van der Waals surface area contributed by atoms with Crippen LogP contribution in [0.25, 0.3) is 22.6 Å². The Morgan fingerprint density at radius 2 is 1.83 bits per heavy atom. The van der Waals surface area contributed by atoms with Crippen LogP contribution >= 0.6 is 11.3 Å². The number of aryl methyl sites for hydroxylation is 1. The largest absolute Gasteiger partial charge is 0.481 e. The van der Waals surface area contributed by atoms with E-state index in [-0.39, 0.29) is 5.91 Å². The predicted molar refractivity (Wildman–Crippen MR) is 112 cm³/mol. The Morgan fingerprint density at radius 3 is 2.59 bits per heavy atom. The van der Waals surface area contributed by atoms with Gasteiger partial charge in [-0.1, -0.05) is 6.07 Å². The number of rotatable bonds is 5. The van der Waals surface area contributed by atoms with Crippen LogP contribution in [0.4, 0.5) is 5.13 Å². The second kappa shape index (κ2) is 8.15. The Hall–Kier alpha value is -3.65. The molecular formula is C21H17N5O2S. The molecule has 0 aliphatic heterocycles. The highest BCUT2D eigenvalue weighted by Crippen LogP contribution is 2.27. The van der Waals surface area contributed by atoms with Gasteiger partial charge in [0.15, 0.2) is 5.13 Å². The first-order chi connectivity index (χ1) is 14.1. The number of aromatic nitrogens is 4. The van der Waals surface area contributed by atoms with Gasteiger partial charge < -0.3 is 4.74 Å². The molecular weight excluding hydrogens is 386 g/mol. The summed E-state index contributed by atoms with van der Waals surface area (Å²) in [5.41, 5.74) is 4.10. The Morgan fingerprint density at radius 1 is 1.00 bits per heavy atom. The predicted octanol–water partition coefficient (Wildman–Crippen LogP) is 4.23. The number of carbonyl (C=O) groups is 1. The summed E-state index contributed by atoms with van der Waals surface area (Å²) < 4.78 is 5.22. The number of anilines is 1. The molecule has 0 aliphatic rings. The van der Waals surface area contributed by atoms with E-state index in [2.05, 4.69) is 25.3 Å². The molecule has 0 aromatic carbocycles. The molecule has 0 saturated carbocycles. The van der Waals surface area contributed by atoms with Gasteiger partial charge in [-0.15, -0.1) is 11.3 Å². The number of nitrogens with one attached hydrogen (secondary N) is 1. The highest BCUT2D eigenvalue weighted by molar-refractivity contribution is 7.14. The third-order valence-corrected chi connectivity index (χ3v) is 4.91. The molecule has 0 bridgehead atoms. The van der Waals surface area contributed by atoms with Crippen LogP contribution < -0.4 is 10.1 Å². The van der Waals surface area contributed by atoms with Crippen molar-refractivity contribution in [3.05, 3.63) is 71.5 Å². The molecule has 1 amide bonds. The van der Waals surface area contributed by atoms with E-state index in [4.69, 9.17) is 4.74 Å². The lowest BCUT2D eigenvalue weighted by Gasteiger charge is -2.10. The third kappa shape index (κ3) is 4.12. The van der Waals surface area contributed by atoms with Crippen molar-refractivity contribution < 1.29 is 9.53 Å². The maximum absolute atomic E-state index is 13.0. The molecule has 1 N–H and O–H groups in total. The van der Waals surface area contributed by atoms with Crippen LogP contribution in [0.5, 0.6) is 5.88 Å². The van der Waals surface area contributed by atoms with Crippen molar-refractivity contribution in [2.45, 2.75) is 6.92 Å². The molecule has 0 spiro atoms. The van der Waals surface area contributed by atoms with Crippen LogP contribution in [0.15, 0.2) is 60.2 Å². The lowest BCUT2D eigenvalue weighted by Crippen LogP contribution is -2.14. The number of methoxy groups -OCH3 is 1. The molecule has 0 fully saturated rings. The van der Waals surface area contributed by atoms with Crippen molar-refractivity contribution in [3.63, 3.8) is 0 Å². The summed E-state index contributed by atoms with van der Waals surface area (Å²) >= 11 is 1.34. The fraction of sp³-hybridized carbons (Fsp3) is 0.0952. The van der Waals surface area contributed by atoms with Gasteiger partial charge in [-0.3, -0.25) is 20.1 Å². The molecule has 4 aromatic rings. The van der Waals surface area contributed by atoms with E-state index in [1.807, 2.05) is 30.5 Å². The zero-order valence-electron chi connectivity index (χ0n) is 15.8. The number of amides is 1. The minimum Gasteiger partial charge on any atom is -0.481 e. The summed E-state index contributed by atoms with van der Waals surface area (Å²) in [5.74, 6) is 0.125. The standard InChI is InChI=1S/C21H17N5O2S/c1-13-4-3-5-16(23-13)17-12-29-21(24-17)26-20(27)15-6-7-18(28-2)25-19(15)14-8-10-22-11-9-14/h3-12H,1-2H3,(H,24,26,27). The number of pyridine rings is 3. The summed E-state index contributed by atoms with van der Waals surface area (Å²) in [6.45, 7) is 1.93. The summed E-state index contributed by atoms with van der Waals surface area (Å²) in [5, 5.41) is 5.21. The number of thiazole rings is 1. The quantitative estimate of drug-likeness (QED) is 0.536. The number of nitrogens with zero attached hydrogens (tertiary/aromatic N) is 4. The van der Waals surface area contributed by atoms with Gasteiger partial charge in [-0.2, -0.15) is 0 Å². The van der Waals surface area contributed by atoms with Gasteiger partial charge in [-0.25, -0.2) is 9.97 Å². The highest BCUT2D eigenvalue weighted by atomic mass is 32.1. The summed E-state index contributed by atoms with van der Waals surface area (Å²) in [6.07, 6.45) is 3.31. The molecule has 0 saturated heterocycles. The number of carbonyl (C=O) groups excluding carboxylic acids is 1. The SMILES string of the molecule is COc1ccc(C(=O)Nc2nc(-c3cccc(C)n3)cs2)c(-c2ccncc2)n1. The second-order valence-corrected chi connectivity index (χ2v) is 7.00. The van der Waals surface area contributed by atoms with E-state index in [1.54, 1.807) is 36.7 Å². The molecule has 29 heavy (non-hydrogen) atoms. The van der Waals surface area contributed by atoms with Crippen molar-refractivity contribution in [1.82, 2.24) is 19.9 Å². The van der Waals surface area contributed by atoms with Crippen LogP contribution in [-0.4, -0.2) is 33.0 Å². The van der Waals surface area contributed by atoms with Crippen LogP contribution in [0.2, 0.25) is 0 Å². The Bertz CT molecular complexity index is 1160. The molecule has 4 heterocycles. The lowest BCUT2D eigenvalue weighted by atomic mass is 10.1. The van der Waals surface area contributed by atoms with Gasteiger partial charge in [0.1, 0.15) is 5.69 Å². The van der Waals surface area contributed by atoms with Crippen LogP contribution in [-0.2, 0) is 0 Å². The van der Waals surface area contributed by atoms with E-state index < -0.39 is 0 Å². The van der Waals surface area contributed by atoms with Crippen molar-refractivity contribution in [2.75, 3.05) is 12.4 Å². The van der Waals surface area contributed by atoms with Gasteiger partial charge in [-0.05, 0) is 37.3 Å². The maximum atomic E-state index is 13.0. The second-order valence-electron chi connectivity index (χ2n) is 6.14. The fourth-order valence-corrected chi connectivity index (χ4v) is 3.47. The first-order valence-corrected chi connectivity index (χ1v) is 9.68. The first-order valence-electron chi connectivity index (χ1n) is 8.80. The van der Waals surface area contributed by atoms with Crippen molar-refractivity contribution in [2.24, 2.45) is 0 Å². The van der Waals surface area contributed by atoms with Gasteiger partial charge in [0.2, 0.25) is 5.88 Å². The Labute approximate surface area is 171 Å². The molecule has 8 heteroatoms. The molecule has 0 atom stereocenters. The van der Waals surface area contributed by atoms with E-state index in [0.717, 1.165) is 22.6 Å². The van der Waals surface area contributed by atoms with Gasteiger partial charge in [0, 0.05) is 35.1 Å². The molecule has 4 aromatic heterocycles. The normalized spacial score (nSPS) is 10.6. The molecule has 0 aliphatic carbocycles. The average Bonchev–Trinajstić information content (AvgIpc) is 3.22. The molecule has 4 rings (SSSR count). The summed E-state index contributed by atoms with van der Waals surface area (Å²) in [4.78, 5) is 30.4. The number of hydrogen-bond acceptors (Lipinski definition) is 7. The van der Waals surface area contributed by atoms with Crippen LogP contribution in [0.3, 0.4) is 0 Å². The zero-order chi connectivity index (χ0) is 20.2. The average molecular weight is 403 g/mol. The summed E-state index contributed by atoms with van der Waals surface area (Å²) in [6, 6.07) is 12.7. The fourth-order valence-electron chi connectivity index (χ4n) is 2.77. The number of ether oxygens (including phenoxy) is 1. The summed E-state index contributed by atoms with van der Waals surface area (Å²) in [7, 11) is 1.54. The topological polar surface area (TPSA) is 89.9 Å². The van der Waals surface area contributed by atoms with E-state index in [0.29, 0.717) is 22.3 Å². The van der Waals surface area contributed by atoms with Crippen LogP contribution in [0, 0.1) is 6.92 Å². The zero-order valence-corrected chi connectivity index (χ0v) is 16.6. The first kappa shape index (κ1) is 18.7. The monoisotopic (exact) mass is 403 g/mol. The van der Waals surface area contributed by atoms with E-state index >= 15 is 0 Å². The Balaban J connectivity index is 1.63. The van der Waals surface area contributed by atoms with E-state index in [9.17, 15) is 4.79 Å². The smallest absolute Gasteiger partial charge is 0.259 e. The van der Waals surface area contributed by atoms with E-state index in [1.165, 1.54) is 18.4 Å². The number of hydrogen-bond donors (Lipinski definition) is 1. The van der Waals surface area contributed by atoms with Crippen molar-refractivity contribution in [1.29, 1.82) is 0 Å². The van der Waals surface area contributed by atoms with Crippen LogP contribution in [0.1, 0.15) is 16.1 Å². The molecule has 0 unspecified atom stereocenters. The lowest BCUT2D eigenvalue weighted by molar-refractivity contribution is 0.102. The van der Waals surface area contributed by atoms with Crippen molar-refractivity contribution >= 4 is 22.4 Å². The third-order valence-electron chi connectivity index (χ3n) is 4.15. The van der Waals surface area contributed by atoms with Gasteiger partial charge >= 0.3 is 0 Å². The molecule has 144 valence electrons. The highest BCUT2D eigenvalue weighted by Gasteiger charge is 2.17. The van der Waals surface area contributed by atoms with Gasteiger partial charge in [0.05, 0.1) is 24.1 Å². The molecule has 0 radical (unpaired) electrons. The minimum atomic E-state index is -0.301. The molecule has 7 nitrogen and oxygen atoms in total. The maximum Gasteiger partial charge on any atom is 0.259 e. The Kier molecular flexibility index (Phi) is 5.26.